The van der Waals surface area contributed by atoms with Crippen molar-refractivity contribution < 1.29 is 17.6 Å². The van der Waals surface area contributed by atoms with E-state index in [-0.39, 0.29) is 35.1 Å². The van der Waals surface area contributed by atoms with Crippen LogP contribution >= 0.6 is 0 Å². The first-order valence-electron chi connectivity index (χ1n) is 10.6. The van der Waals surface area contributed by atoms with Crippen LogP contribution in [-0.4, -0.2) is 31.7 Å². The highest BCUT2D eigenvalue weighted by Gasteiger charge is 2.41. The lowest BCUT2D eigenvalue weighted by atomic mass is 9.82. The summed E-state index contributed by atoms with van der Waals surface area (Å²) in [5.41, 5.74) is 0.818. The quantitative estimate of drug-likeness (QED) is 0.747. The van der Waals surface area contributed by atoms with Crippen molar-refractivity contribution in [2.24, 2.45) is 5.41 Å². The fourth-order valence-corrected chi connectivity index (χ4v) is 5.50. The third-order valence-electron chi connectivity index (χ3n) is 5.91. The minimum atomic E-state index is -3.70. The van der Waals surface area contributed by atoms with Crippen LogP contribution < -0.4 is 5.32 Å². The maximum absolute atomic E-state index is 13.4. The number of carbonyl (C=O) groups excluding carboxylic acids is 1. The van der Waals surface area contributed by atoms with Gasteiger partial charge in [-0.2, -0.15) is 4.31 Å². The number of hydrogen-bond acceptors (Lipinski definition) is 3. The van der Waals surface area contributed by atoms with E-state index in [2.05, 4.69) is 26.1 Å². The molecule has 1 heterocycles. The van der Waals surface area contributed by atoms with E-state index < -0.39 is 15.4 Å². The molecule has 5 nitrogen and oxygen atoms in total. The van der Waals surface area contributed by atoms with Gasteiger partial charge >= 0.3 is 0 Å². The van der Waals surface area contributed by atoms with Crippen molar-refractivity contribution in [3.05, 3.63) is 65.5 Å². The predicted molar refractivity (Wildman–Crippen MR) is 119 cm³/mol. The topological polar surface area (TPSA) is 66.5 Å². The van der Waals surface area contributed by atoms with Gasteiger partial charge in [-0.3, -0.25) is 4.79 Å². The van der Waals surface area contributed by atoms with Gasteiger partial charge in [0.1, 0.15) is 5.82 Å². The summed E-state index contributed by atoms with van der Waals surface area (Å²) in [5.74, 6) is -0.579. The molecule has 3 rings (SSSR count). The number of piperidine rings is 1. The lowest BCUT2D eigenvalue weighted by Gasteiger charge is -2.38. The SMILES string of the molecule is CC(C)(C)c1ccc(S(=O)(=O)N2CCC[C@](C)(C(=O)NCc3cccc(F)c3)C2)cc1. The molecule has 1 atom stereocenters. The molecule has 2 aromatic carbocycles. The van der Waals surface area contributed by atoms with Crippen LogP contribution in [0.3, 0.4) is 0 Å². The average Bonchev–Trinajstić information content (AvgIpc) is 2.71. The number of nitrogens with zero attached hydrogens (tertiary/aromatic N) is 1. The molecule has 0 aliphatic carbocycles. The Bertz CT molecular complexity index is 1050. The van der Waals surface area contributed by atoms with Crippen LogP contribution in [0.5, 0.6) is 0 Å². The molecule has 0 radical (unpaired) electrons. The molecule has 0 spiro atoms. The molecule has 1 aliphatic heterocycles. The summed E-state index contributed by atoms with van der Waals surface area (Å²) in [6.45, 7) is 8.73. The van der Waals surface area contributed by atoms with Crippen LogP contribution in [-0.2, 0) is 26.8 Å². The predicted octanol–water partition coefficient (Wildman–Crippen LogP) is 4.23. The molecule has 1 amide bonds. The maximum atomic E-state index is 13.4. The van der Waals surface area contributed by atoms with Crippen molar-refractivity contribution in [3.8, 4) is 0 Å². The van der Waals surface area contributed by atoms with Gasteiger partial charge in [0.15, 0.2) is 0 Å². The largest absolute Gasteiger partial charge is 0.352 e. The number of halogens is 1. The third-order valence-corrected chi connectivity index (χ3v) is 7.77. The molecule has 1 fully saturated rings. The highest BCUT2D eigenvalue weighted by molar-refractivity contribution is 7.89. The van der Waals surface area contributed by atoms with Gasteiger partial charge in [-0.1, -0.05) is 45.0 Å². The van der Waals surface area contributed by atoms with Crippen LogP contribution in [0, 0.1) is 11.2 Å². The Morgan fingerprint density at radius 1 is 1.16 bits per heavy atom. The number of sulfonamides is 1. The highest BCUT2D eigenvalue weighted by Crippen LogP contribution is 2.33. The van der Waals surface area contributed by atoms with E-state index in [4.69, 9.17) is 0 Å². The summed E-state index contributed by atoms with van der Waals surface area (Å²) in [6, 6.07) is 13.1. The van der Waals surface area contributed by atoms with Gasteiger partial charge in [0.2, 0.25) is 15.9 Å². The van der Waals surface area contributed by atoms with Crippen molar-refractivity contribution >= 4 is 15.9 Å². The Labute approximate surface area is 184 Å². The molecular weight excluding hydrogens is 415 g/mol. The normalized spacial score (nSPS) is 20.4. The third kappa shape index (κ3) is 5.33. The van der Waals surface area contributed by atoms with Crippen LogP contribution in [0.15, 0.2) is 53.4 Å². The number of nitrogens with one attached hydrogen (secondary N) is 1. The molecule has 0 aromatic heterocycles. The summed E-state index contributed by atoms with van der Waals surface area (Å²) in [6.07, 6.45) is 1.19. The number of amides is 1. The number of carbonyl (C=O) groups is 1. The molecule has 168 valence electrons. The Balaban J connectivity index is 1.72. The first-order valence-corrected chi connectivity index (χ1v) is 12.0. The van der Waals surface area contributed by atoms with Crippen molar-refractivity contribution in [3.63, 3.8) is 0 Å². The fourth-order valence-electron chi connectivity index (χ4n) is 3.90. The van der Waals surface area contributed by atoms with E-state index in [1.807, 2.05) is 12.1 Å². The van der Waals surface area contributed by atoms with E-state index >= 15 is 0 Å². The van der Waals surface area contributed by atoms with Crippen LogP contribution in [0.1, 0.15) is 51.7 Å². The minimum Gasteiger partial charge on any atom is -0.352 e. The van der Waals surface area contributed by atoms with Gasteiger partial charge in [-0.05, 0) is 60.6 Å². The molecule has 1 saturated heterocycles. The molecule has 1 aliphatic rings. The molecule has 0 bridgehead atoms. The van der Waals surface area contributed by atoms with Gasteiger partial charge in [0.05, 0.1) is 10.3 Å². The minimum absolute atomic E-state index is 0.0637. The van der Waals surface area contributed by atoms with E-state index in [1.54, 1.807) is 31.2 Å². The molecular formula is C24H31FN2O3S. The maximum Gasteiger partial charge on any atom is 0.243 e. The zero-order valence-electron chi connectivity index (χ0n) is 18.6. The first-order chi connectivity index (χ1) is 14.4. The van der Waals surface area contributed by atoms with Gasteiger partial charge in [0.25, 0.3) is 0 Å². The number of benzene rings is 2. The molecule has 7 heteroatoms. The Morgan fingerprint density at radius 3 is 2.45 bits per heavy atom. The summed E-state index contributed by atoms with van der Waals surface area (Å²) in [5, 5.41) is 2.85. The van der Waals surface area contributed by atoms with Gasteiger partial charge in [-0.15, -0.1) is 0 Å². The highest BCUT2D eigenvalue weighted by atomic mass is 32.2. The van der Waals surface area contributed by atoms with Gasteiger partial charge in [0, 0.05) is 19.6 Å². The van der Waals surface area contributed by atoms with Crippen LogP contribution in [0.2, 0.25) is 0 Å². The zero-order valence-corrected chi connectivity index (χ0v) is 19.4. The summed E-state index contributed by atoms with van der Waals surface area (Å²) in [7, 11) is -3.70. The molecule has 1 N–H and O–H groups in total. The smallest absolute Gasteiger partial charge is 0.243 e. The second-order valence-electron chi connectivity index (χ2n) is 9.59. The van der Waals surface area contributed by atoms with E-state index in [0.717, 1.165) is 5.56 Å². The number of hydrogen-bond donors (Lipinski definition) is 1. The number of rotatable bonds is 5. The molecule has 2 aromatic rings. The first kappa shape index (κ1) is 23.4. The van der Waals surface area contributed by atoms with Crippen LogP contribution in [0.4, 0.5) is 4.39 Å². The standard InChI is InChI=1S/C24H31FN2O3S/c1-23(2,3)19-9-11-21(12-10-19)31(29,30)27-14-6-13-24(4,17-27)22(28)26-16-18-7-5-8-20(25)15-18/h5,7-12,15H,6,13-14,16-17H2,1-4H3,(H,26,28)/t24-/m0/s1. The van der Waals surface area contributed by atoms with Crippen molar-refractivity contribution in [1.29, 1.82) is 0 Å². The van der Waals surface area contributed by atoms with Gasteiger partial charge in [-0.25, -0.2) is 12.8 Å². The monoisotopic (exact) mass is 446 g/mol. The summed E-state index contributed by atoms with van der Waals surface area (Å²) >= 11 is 0. The van der Waals surface area contributed by atoms with E-state index in [0.29, 0.717) is 24.9 Å². The summed E-state index contributed by atoms with van der Waals surface area (Å²) in [4.78, 5) is 13.2. The zero-order chi connectivity index (χ0) is 22.9. The average molecular weight is 447 g/mol. The molecule has 0 saturated carbocycles. The molecule has 0 unspecified atom stereocenters. The Morgan fingerprint density at radius 2 is 1.84 bits per heavy atom. The van der Waals surface area contributed by atoms with Crippen molar-refractivity contribution in [1.82, 2.24) is 9.62 Å². The summed E-state index contributed by atoms with van der Waals surface area (Å²) < 4.78 is 41.2. The van der Waals surface area contributed by atoms with E-state index in [9.17, 15) is 17.6 Å². The Kier molecular flexibility index (Phi) is 6.58. The lowest BCUT2D eigenvalue weighted by Crippen LogP contribution is -2.51. The second kappa shape index (κ2) is 8.71. The van der Waals surface area contributed by atoms with E-state index in [1.165, 1.54) is 16.4 Å². The fraction of sp³-hybridized carbons (Fsp3) is 0.458. The van der Waals surface area contributed by atoms with Gasteiger partial charge < -0.3 is 5.32 Å². The van der Waals surface area contributed by atoms with Crippen LogP contribution in [0.25, 0.3) is 0 Å². The van der Waals surface area contributed by atoms with Crippen molar-refractivity contribution in [2.45, 2.75) is 57.4 Å². The van der Waals surface area contributed by atoms with Crippen molar-refractivity contribution in [2.75, 3.05) is 13.1 Å². The second-order valence-corrected chi connectivity index (χ2v) is 11.5. The lowest BCUT2D eigenvalue weighted by molar-refractivity contribution is -0.132. The molecule has 31 heavy (non-hydrogen) atoms. The Hall–Kier alpha value is -2.25.